The van der Waals surface area contributed by atoms with E-state index < -0.39 is 47.3 Å². The summed E-state index contributed by atoms with van der Waals surface area (Å²) in [6, 6.07) is 23.4. The highest BCUT2D eigenvalue weighted by Crippen LogP contribution is 2.32. The maximum atomic E-state index is 13.5. The molecule has 330 valence electrons. The highest BCUT2D eigenvalue weighted by atomic mass is 35.5. The van der Waals surface area contributed by atoms with Crippen LogP contribution in [0.15, 0.2) is 118 Å². The van der Waals surface area contributed by atoms with Crippen LogP contribution in [0.25, 0.3) is 0 Å². The Balaban J connectivity index is 1.25. The highest BCUT2D eigenvalue weighted by molar-refractivity contribution is 6.37. The summed E-state index contributed by atoms with van der Waals surface area (Å²) in [4.78, 5) is 78.4. The third-order valence-electron chi connectivity index (χ3n) is 9.46. The Bertz CT molecular complexity index is 2650. The number of anilines is 4. The minimum absolute atomic E-state index is 0.0414. The Morgan fingerprint density at radius 2 is 0.938 bits per heavy atom. The zero-order valence-electron chi connectivity index (χ0n) is 35.0. The van der Waals surface area contributed by atoms with Gasteiger partial charge >= 0.3 is 0 Å². The number of rotatable bonds is 18. The van der Waals surface area contributed by atoms with E-state index in [1.807, 2.05) is 12.1 Å². The van der Waals surface area contributed by atoms with Crippen LogP contribution in [-0.4, -0.2) is 59.0 Å². The molecule has 2 atom stereocenters. The van der Waals surface area contributed by atoms with E-state index >= 15 is 0 Å². The average molecular weight is 945 g/mol. The Morgan fingerprint density at radius 3 is 1.34 bits per heavy atom. The van der Waals surface area contributed by atoms with Gasteiger partial charge in [-0.05, 0) is 123 Å². The van der Waals surface area contributed by atoms with E-state index in [0.29, 0.717) is 52.8 Å². The second-order valence-corrected chi connectivity index (χ2v) is 15.9. The van der Waals surface area contributed by atoms with Crippen molar-refractivity contribution in [2.75, 3.05) is 33.0 Å². The van der Waals surface area contributed by atoms with Gasteiger partial charge in [0.05, 0.1) is 21.2 Å². The molecule has 0 aromatic heterocycles. The summed E-state index contributed by atoms with van der Waals surface area (Å²) >= 11 is 24.8. The molecule has 0 aliphatic heterocycles. The molecule has 4 amide bonds. The number of nitrogens with one attached hydrogen (secondary N) is 4. The Kier molecular flexibility index (Phi) is 17.4. The molecule has 5 aromatic carbocycles. The molecule has 0 bridgehead atoms. The minimum Gasteiger partial charge on any atom is -0.324 e. The largest absolute Gasteiger partial charge is 0.324 e. The molecule has 5 aromatic rings. The van der Waals surface area contributed by atoms with Crippen LogP contribution >= 0.6 is 46.4 Å². The lowest BCUT2D eigenvalue weighted by Gasteiger charge is -2.17. The normalized spacial score (nSPS) is 12.1. The third kappa shape index (κ3) is 12.9. The van der Waals surface area contributed by atoms with Crippen LogP contribution in [0.5, 0.6) is 0 Å². The van der Waals surface area contributed by atoms with Gasteiger partial charge in [-0.25, -0.2) is 0 Å². The lowest BCUT2D eigenvalue weighted by Crippen LogP contribution is -2.33. The summed E-state index contributed by atoms with van der Waals surface area (Å²) in [5.41, 5.74) is 4.87. The van der Waals surface area contributed by atoms with Crippen molar-refractivity contribution < 1.29 is 28.8 Å². The summed E-state index contributed by atoms with van der Waals surface area (Å²) in [6.07, 6.45) is 1.25. The van der Waals surface area contributed by atoms with Gasteiger partial charge in [-0.2, -0.15) is 20.5 Å². The van der Waals surface area contributed by atoms with Crippen molar-refractivity contribution in [2.24, 2.45) is 20.5 Å². The van der Waals surface area contributed by atoms with E-state index in [4.69, 9.17) is 46.4 Å². The number of hydrogen-bond donors (Lipinski definition) is 4. The fraction of sp³-hybridized carbons (Fsp3) is 0.217. The number of benzene rings is 5. The predicted molar refractivity (Wildman–Crippen MR) is 252 cm³/mol. The molecule has 18 heteroatoms. The molecular weight excluding hydrogens is 902 g/mol. The first-order valence-corrected chi connectivity index (χ1v) is 21.5. The van der Waals surface area contributed by atoms with Gasteiger partial charge in [-0.1, -0.05) is 59.6 Å². The summed E-state index contributed by atoms with van der Waals surface area (Å²) in [5, 5.41) is 27.0. The number of nitrogens with zero attached hydrogens (tertiary/aromatic N) is 4. The number of aryl methyl sites for hydroxylation is 4. The van der Waals surface area contributed by atoms with Gasteiger partial charge in [0.2, 0.25) is 12.1 Å². The Morgan fingerprint density at radius 1 is 0.531 bits per heavy atom. The van der Waals surface area contributed by atoms with Crippen molar-refractivity contribution in [3.8, 4) is 0 Å². The lowest BCUT2D eigenvalue weighted by molar-refractivity contribution is -0.127. The monoisotopic (exact) mass is 942 g/mol. The van der Waals surface area contributed by atoms with Crippen molar-refractivity contribution in [1.82, 2.24) is 0 Å². The van der Waals surface area contributed by atoms with Gasteiger partial charge in [0.15, 0.2) is 11.6 Å². The summed E-state index contributed by atoms with van der Waals surface area (Å²) in [5.74, 6) is -3.00. The van der Waals surface area contributed by atoms with Gasteiger partial charge in [0, 0.05) is 34.5 Å². The Hall–Kier alpha value is -6.32. The van der Waals surface area contributed by atoms with E-state index in [1.54, 1.807) is 68.4 Å². The second-order valence-electron chi connectivity index (χ2n) is 14.4. The van der Waals surface area contributed by atoms with Crippen molar-refractivity contribution in [3.05, 3.63) is 140 Å². The maximum Gasteiger partial charge on any atom is 0.258 e. The smallest absolute Gasteiger partial charge is 0.258 e. The zero-order valence-corrected chi connectivity index (χ0v) is 38.0. The SMILES string of the molecule is CC(=O)C(N=Nc1cccc(C(=O)Nc2cccc(CCCl)c2)c1Cl)C(=O)Nc1cc(C)c(NC(=O)C(N=Nc2cccc(C(=O)Nc3cccc(CCCl)c3)c2Cl)C(C)=O)c(C)c1. The van der Waals surface area contributed by atoms with Crippen LogP contribution in [0.4, 0.5) is 34.1 Å². The molecule has 0 spiro atoms. The predicted octanol–water partition coefficient (Wildman–Crippen LogP) is 11.0. The van der Waals surface area contributed by atoms with Crippen LogP contribution in [0.3, 0.4) is 0 Å². The van der Waals surface area contributed by atoms with Crippen LogP contribution < -0.4 is 21.3 Å². The molecule has 0 heterocycles. The summed E-state index contributed by atoms with van der Waals surface area (Å²) in [6.45, 7) is 5.69. The topological polar surface area (TPSA) is 200 Å². The number of hydrogen-bond acceptors (Lipinski definition) is 10. The fourth-order valence-corrected chi connectivity index (χ4v) is 7.22. The highest BCUT2D eigenvalue weighted by Gasteiger charge is 2.27. The molecule has 4 N–H and O–H groups in total. The molecule has 0 saturated carbocycles. The lowest BCUT2D eigenvalue weighted by atomic mass is 10.1. The van der Waals surface area contributed by atoms with E-state index in [-0.39, 0.29) is 38.2 Å². The van der Waals surface area contributed by atoms with E-state index in [1.165, 1.54) is 44.2 Å². The average Bonchev–Trinajstić information content (AvgIpc) is 3.23. The van der Waals surface area contributed by atoms with Gasteiger partial charge in [-0.15, -0.1) is 23.2 Å². The van der Waals surface area contributed by atoms with E-state index in [0.717, 1.165) is 11.1 Å². The number of azo groups is 2. The van der Waals surface area contributed by atoms with E-state index in [9.17, 15) is 28.8 Å². The second kappa shape index (κ2) is 22.9. The first-order valence-electron chi connectivity index (χ1n) is 19.6. The molecule has 0 fully saturated rings. The number of carbonyl (C=O) groups excluding carboxylic acids is 6. The first kappa shape index (κ1) is 48.7. The van der Waals surface area contributed by atoms with Crippen molar-refractivity contribution in [1.29, 1.82) is 0 Å². The number of amides is 4. The van der Waals surface area contributed by atoms with E-state index in [2.05, 4.69) is 41.7 Å². The molecule has 0 aliphatic rings. The van der Waals surface area contributed by atoms with Crippen molar-refractivity contribution in [3.63, 3.8) is 0 Å². The molecule has 0 radical (unpaired) electrons. The number of halogens is 4. The number of carbonyl (C=O) groups is 6. The van der Waals surface area contributed by atoms with Crippen LogP contribution in [-0.2, 0) is 32.0 Å². The summed E-state index contributed by atoms with van der Waals surface area (Å²) in [7, 11) is 0. The molecule has 2 unspecified atom stereocenters. The number of Topliss-reactive ketones (excluding diaryl/α,β-unsaturated/α-hetero) is 2. The first-order chi connectivity index (χ1) is 30.6. The number of alkyl halides is 2. The quantitative estimate of drug-likeness (QED) is 0.0382. The maximum absolute atomic E-state index is 13.5. The molecule has 0 saturated heterocycles. The fourth-order valence-electron chi connectivity index (χ4n) is 6.28. The molecule has 5 rings (SSSR count). The standard InChI is InChI=1S/C46H42Cl4N8O6/c1-25-21-33(53-45(63)41(27(3)59)57-55-36-15-7-13-34(38(36)49)43(61)51-31-11-5-9-29(23-31)17-19-47)22-26(2)40(25)54-46(64)42(28(4)60)58-56-37-16-8-14-35(39(37)50)44(62)52-32-12-6-10-30(24-32)18-20-48/h5-16,21-24,41-42H,17-20H2,1-4H3,(H,51,61)(H,52,62)(H,53,63)(H,54,64). The molecule has 0 aliphatic carbocycles. The van der Waals surface area contributed by atoms with Crippen molar-refractivity contribution >= 4 is 116 Å². The van der Waals surface area contributed by atoms with Crippen LogP contribution in [0, 0.1) is 13.8 Å². The molecule has 64 heavy (non-hydrogen) atoms. The van der Waals surface area contributed by atoms with Crippen molar-refractivity contribution in [2.45, 2.75) is 52.6 Å². The van der Waals surface area contributed by atoms with Gasteiger partial charge < -0.3 is 21.3 Å². The Labute approximate surface area is 389 Å². The van der Waals surface area contributed by atoms with Gasteiger partial charge in [0.1, 0.15) is 11.4 Å². The third-order valence-corrected chi connectivity index (χ3v) is 10.6. The summed E-state index contributed by atoms with van der Waals surface area (Å²) < 4.78 is 0. The van der Waals surface area contributed by atoms with Gasteiger partial charge in [0.25, 0.3) is 23.6 Å². The molecule has 14 nitrogen and oxygen atoms in total. The number of ketones is 2. The molecular formula is C46H42Cl4N8O6. The van der Waals surface area contributed by atoms with Gasteiger partial charge in [-0.3, -0.25) is 28.8 Å². The zero-order chi connectivity index (χ0) is 46.5. The van der Waals surface area contributed by atoms with Crippen LogP contribution in [0.1, 0.15) is 56.8 Å². The van der Waals surface area contributed by atoms with Crippen LogP contribution in [0.2, 0.25) is 10.0 Å². The minimum atomic E-state index is -1.58.